The molecule has 4 aliphatic carbocycles. The molecule has 0 heterocycles. The van der Waals surface area contributed by atoms with Gasteiger partial charge in [-0.2, -0.15) is 0 Å². The van der Waals surface area contributed by atoms with Gasteiger partial charge in [0, 0.05) is 0 Å². The fourth-order valence-electron chi connectivity index (χ4n) is 5.38. The lowest BCUT2D eigenvalue weighted by Crippen LogP contribution is -2.67. The molecule has 16 heavy (non-hydrogen) atoms. The van der Waals surface area contributed by atoms with Gasteiger partial charge in [0.25, 0.3) is 0 Å². The average Bonchev–Trinajstić information content (AvgIpc) is 2.15. The molecule has 1 heteroatoms. The highest BCUT2D eigenvalue weighted by molar-refractivity contribution is 5.31. The van der Waals surface area contributed by atoms with E-state index >= 15 is 0 Å². The third-order valence-electron chi connectivity index (χ3n) is 5.93. The van der Waals surface area contributed by atoms with E-state index in [0.29, 0.717) is 11.3 Å². The Hall–Kier alpha value is -0.300. The maximum absolute atomic E-state index is 10.3. The maximum atomic E-state index is 10.3. The van der Waals surface area contributed by atoms with E-state index in [-0.39, 0.29) is 6.10 Å². The monoisotopic (exact) mass is 220 g/mol. The molecule has 0 aliphatic heterocycles. The van der Waals surface area contributed by atoms with Crippen molar-refractivity contribution < 1.29 is 5.11 Å². The van der Waals surface area contributed by atoms with Crippen molar-refractivity contribution >= 4 is 0 Å². The molecule has 0 radical (unpaired) electrons. The summed E-state index contributed by atoms with van der Waals surface area (Å²) < 4.78 is 0. The van der Waals surface area contributed by atoms with Crippen LogP contribution >= 0.6 is 0 Å². The van der Waals surface area contributed by atoms with Crippen LogP contribution < -0.4 is 0 Å². The SMILES string of the molecule is CC1=C[C@H](O)C2[C@H]3C(C(C)C)CC[C@]2(C)C13. The third kappa shape index (κ3) is 1.06. The first-order valence-electron chi connectivity index (χ1n) is 6.83. The van der Waals surface area contributed by atoms with Crippen LogP contribution in [0.5, 0.6) is 0 Å². The Morgan fingerprint density at radius 1 is 1.44 bits per heavy atom. The molecule has 1 nitrogen and oxygen atoms in total. The number of allylic oxidation sites excluding steroid dienone is 1. The van der Waals surface area contributed by atoms with Crippen LogP contribution in [0.4, 0.5) is 0 Å². The molecule has 0 amide bonds. The zero-order valence-electron chi connectivity index (χ0n) is 10.9. The van der Waals surface area contributed by atoms with E-state index in [1.807, 2.05) is 0 Å². The summed E-state index contributed by atoms with van der Waals surface area (Å²) in [5.74, 6) is 3.73. The van der Waals surface area contributed by atoms with Gasteiger partial charge in [-0.3, -0.25) is 0 Å². The number of aliphatic hydroxyl groups excluding tert-OH is 1. The normalized spacial score (nSPS) is 54.6. The summed E-state index contributed by atoms with van der Waals surface area (Å²) in [6.45, 7) is 9.35. The molecule has 2 fully saturated rings. The molecule has 0 aromatic rings. The van der Waals surface area contributed by atoms with Crippen LogP contribution in [0, 0.1) is 35.0 Å². The van der Waals surface area contributed by atoms with Crippen LogP contribution in [0.15, 0.2) is 11.6 Å². The molecule has 4 rings (SSSR count). The third-order valence-corrected chi connectivity index (χ3v) is 5.93. The van der Waals surface area contributed by atoms with Gasteiger partial charge in [0.2, 0.25) is 0 Å². The topological polar surface area (TPSA) is 20.2 Å². The van der Waals surface area contributed by atoms with Crippen molar-refractivity contribution in [2.45, 2.75) is 46.6 Å². The summed E-state index contributed by atoms with van der Waals surface area (Å²) in [6.07, 6.45) is 4.66. The first-order valence-corrected chi connectivity index (χ1v) is 6.83. The first-order chi connectivity index (χ1) is 7.47. The molecule has 0 spiro atoms. The van der Waals surface area contributed by atoms with Crippen LogP contribution in [0.2, 0.25) is 0 Å². The highest BCUT2D eigenvalue weighted by atomic mass is 16.3. The highest BCUT2D eigenvalue weighted by Crippen LogP contribution is 2.71. The molecule has 2 saturated carbocycles. The number of hydrogen-bond donors (Lipinski definition) is 1. The Kier molecular flexibility index (Phi) is 2.12. The van der Waals surface area contributed by atoms with Crippen LogP contribution in [0.3, 0.4) is 0 Å². The Bertz CT molecular complexity index is 343. The lowest BCUT2D eigenvalue weighted by molar-refractivity contribution is -0.215. The van der Waals surface area contributed by atoms with Gasteiger partial charge in [0.1, 0.15) is 0 Å². The Morgan fingerprint density at radius 2 is 2.12 bits per heavy atom. The van der Waals surface area contributed by atoms with Crippen molar-refractivity contribution in [3.8, 4) is 0 Å². The van der Waals surface area contributed by atoms with Crippen molar-refractivity contribution in [1.29, 1.82) is 0 Å². The average molecular weight is 220 g/mol. The minimum Gasteiger partial charge on any atom is -0.389 e. The molecule has 1 N–H and O–H groups in total. The first kappa shape index (κ1) is 10.8. The Labute approximate surface area is 98.9 Å². The molecule has 4 aliphatic rings. The van der Waals surface area contributed by atoms with Crippen molar-refractivity contribution in [2.75, 3.05) is 0 Å². The van der Waals surface area contributed by atoms with Gasteiger partial charge in [-0.1, -0.05) is 32.4 Å². The Balaban J connectivity index is 1.99. The molecule has 0 aromatic carbocycles. The van der Waals surface area contributed by atoms with E-state index in [1.54, 1.807) is 0 Å². The van der Waals surface area contributed by atoms with Crippen LogP contribution in [0.25, 0.3) is 0 Å². The minimum absolute atomic E-state index is 0.165. The molecular formula is C15H24O. The summed E-state index contributed by atoms with van der Waals surface area (Å²) in [6, 6.07) is 0. The van der Waals surface area contributed by atoms with Crippen LogP contribution in [0.1, 0.15) is 40.5 Å². The maximum Gasteiger partial charge on any atom is 0.0760 e. The van der Waals surface area contributed by atoms with Gasteiger partial charge >= 0.3 is 0 Å². The van der Waals surface area contributed by atoms with Gasteiger partial charge in [-0.05, 0) is 54.8 Å². The summed E-state index contributed by atoms with van der Waals surface area (Å²) in [5, 5.41) is 10.3. The fraction of sp³-hybridized carbons (Fsp3) is 0.867. The van der Waals surface area contributed by atoms with E-state index in [1.165, 1.54) is 18.4 Å². The molecular weight excluding hydrogens is 196 g/mol. The lowest BCUT2D eigenvalue weighted by Gasteiger charge is -2.71. The molecule has 90 valence electrons. The second-order valence-corrected chi connectivity index (χ2v) is 6.93. The molecule has 3 unspecified atom stereocenters. The highest BCUT2D eigenvalue weighted by Gasteiger charge is 2.67. The largest absolute Gasteiger partial charge is 0.389 e. The summed E-state index contributed by atoms with van der Waals surface area (Å²) in [5.41, 5.74) is 1.89. The number of rotatable bonds is 1. The predicted octanol–water partition coefficient (Wildman–Crippen LogP) is 3.24. The van der Waals surface area contributed by atoms with Gasteiger partial charge in [-0.15, -0.1) is 0 Å². The van der Waals surface area contributed by atoms with Crippen molar-refractivity contribution in [1.82, 2.24) is 0 Å². The molecule has 0 aromatic heterocycles. The van der Waals surface area contributed by atoms with Crippen molar-refractivity contribution in [3.63, 3.8) is 0 Å². The van der Waals surface area contributed by atoms with E-state index in [2.05, 4.69) is 33.8 Å². The zero-order chi connectivity index (χ0) is 11.7. The molecule has 6 atom stereocenters. The van der Waals surface area contributed by atoms with Crippen LogP contribution in [-0.4, -0.2) is 11.2 Å². The van der Waals surface area contributed by atoms with Gasteiger partial charge < -0.3 is 5.11 Å². The summed E-state index contributed by atoms with van der Waals surface area (Å²) >= 11 is 0. The summed E-state index contributed by atoms with van der Waals surface area (Å²) in [4.78, 5) is 0. The van der Waals surface area contributed by atoms with Crippen molar-refractivity contribution in [3.05, 3.63) is 11.6 Å². The second kappa shape index (κ2) is 3.13. The van der Waals surface area contributed by atoms with E-state index < -0.39 is 0 Å². The van der Waals surface area contributed by atoms with Gasteiger partial charge in [0.15, 0.2) is 0 Å². The van der Waals surface area contributed by atoms with Gasteiger partial charge in [-0.25, -0.2) is 0 Å². The fourth-order valence-corrected chi connectivity index (χ4v) is 5.38. The standard InChI is InChI=1S/C15H24O/c1-8(2)10-5-6-15(4)13-9(3)7-11(16)14(15)12(10)13/h7-8,10-14,16H,5-6H2,1-4H3/t10?,11-,12-,13?,14?,15+/m0/s1. The van der Waals surface area contributed by atoms with E-state index in [0.717, 1.165) is 23.7 Å². The van der Waals surface area contributed by atoms with E-state index in [9.17, 15) is 5.11 Å². The van der Waals surface area contributed by atoms with Crippen LogP contribution in [-0.2, 0) is 0 Å². The number of hydrogen-bond acceptors (Lipinski definition) is 1. The molecule has 4 bridgehead atoms. The quantitative estimate of drug-likeness (QED) is 0.673. The summed E-state index contributed by atoms with van der Waals surface area (Å²) in [7, 11) is 0. The Morgan fingerprint density at radius 3 is 2.69 bits per heavy atom. The smallest absolute Gasteiger partial charge is 0.0760 e. The zero-order valence-corrected chi connectivity index (χ0v) is 10.9. The lowest BCUT2D eigenvalue weighted by atomic mass is 9.34. The van der Waals surface area contributed by atoms with E-state index in [4.69, 9.17) is 0 Å². The number of fused-ring (bicyclic) bond motifs is 1. The van der Waals surface area contributed by atoms with Crippen molar-refractivity contribution in [2.24, 2.45) is 35.0 Å². The predicted molar refractivity (Wildman–Crippen MR) is 65.9 cm³/mol. The second-order valence-electron chi connectivity index (χ2n) is 6.93. The number of aliphatic hydroxyl groups is 1. The molecule has 0 saturated heterocycles. The van der Waals surface area contributed by atoms with Gasteiger partial charge in [0.05, 0.1) is 6.10 Å². The minimum atomic E-state index is -0.165.